The van der Waals surface area contributed by atoms with Gasteiger partial charge in [-0.3, -0.25) is 4.79 Å². The Morgan fingerprint density at radius 1 is 1.23 bits per heavy atom. The molecule has 0 heterocycles. The van der Waals surface area contributed by atoms with Crippen molar-refractivity contribution in [2.45, 2.75) is 44.6 Å². The highest BCUT2D eigenvalue weighted by Crippen LogP contribution is 2.27. The van der Waals surface area contributed by atoms with Crippen LogP contribution in [0.25, 0.3) is 0 Å². The fourth-order valence-corrected chi connectivity index (χ4v) is 4.30. The molecule has 2 rings (SSSR count). The van der Waals surface area contributed by atoms with Gasteiger partial charge in [-0.1, -0.05) is 56.0 Å². The molecule has 22 heavy (non-hydrogen) atoms. The van der Waals surface area contributed by atoms with Crippen molar-refractivity contribution in [2.75, 3.05) is 5.75 Å². The van der Waals surface area contributed by atoms with Gasteiger partial charge in [0.25, 0.3) is 0 Å². The number of aliphatic carboxylic acids is 1. The van der Waals surface area contributed by atoms with E-state index in [2.05, 4.69) is 4.72 Å². The van der Waals surface area contributed by atoms with Crippen molar-refractivity contribution >= 4 is 16.0 Å². The van der Waals surface area contributed by atoms with E-state index in [9.17, 15) is 18.3 Å². The molecule has 0 aromatic heterocycles. The lowest BCUT2D eigenvalue weighted by Crippen LogP contribution is -2.43. The van der Waals surface area contributed by atoms with Crippen molar-refractivity contribution in [3.05, 3.63) is 35.9 Å². The van der Waals surface area contributed by atoms with Crippen LogP contribution in [0.2, 0.25) is 0 Å². The molecular formula is C16H23NO4S. The van der Waals surface area contributed by atoms with E-state index < -0.39 is 22.0 Å². The SMILES string of the molecule is O=C(O)[C@H](Cc1ccccc1)NS(=O)(=O)CCC1CCCC1. The maximum absolute atomic E-state index is 12.1. The van der Waals surface area contributed by atoms with Crippen LogP contribution in [-0.4, -0.2) is 31.3 Å². The number of hydrogen-bond donors (Lipinski definition) is 2. The lowest BCUT2D eigenvalue weighted by atomic mass is 10.1. The normalized spacial score (nSPS) is 17.5. The van der Waals surface area contributed by atoms with Crippen LogP contribution in [0.15, 0.2) is 30.3 Å². The minimum absolute atomic E-state index is 0.0102. The molecule has 1 saturated carbocycles. The van der Waals surface area contributed by atoms with Crippen LogP contribution in [0.1, 0.15) is 37.7 Å². The topological polar surface area (TPSA) is 83.5 Å². The fourth-order valence-electron chi connectivity index (χ4n) is 2.93. The number of carboxylic acid groups (broad SMARTS) is 1. The molecule has 1 aromatic carbocycles. The van der Waals surface area contributed by atoms with Crippen molar-refractivity contribution in [1.29, 1.82) is 0 Å². The summed E-state index contributed by atoms with van der Waals surface area (Å²) < 4.78 is 26.6. The van der Waals surface area contributed by atoms with Crippen molar-refractivity contribution in [3.8, 4) is 0 Å². The first-order valence-electron chi connectivity index (χ1n) is 7.73. The molecule has 0 amide bonds. The molecule has 1 fully saturated rings. The van der Waals surface area contributed by atoms with Gasteiger partial charge < -0.3 is 5.11 Å². The molecule has 1 aromatic rings. The van der Waals surface area contributed by atoms with E-state index in [0.717, 1.165) is 18.4 Å². The Morgan fingerprint density at radius 3 is 2.45 bits per heavy atom. The highest BCUT2D eigenvalue weighted by atomic mass is 32.2. The molecule has 0 aliphatic heterocycles. The van der Waals surface area contributed by atoms with Crippen LogP contribution < -0.4 is 4.72 Å². The molecule has 0 radical (unpaired) electrons. The third-order valence-electron chi connectivity index (χ3n) is 4.17. The quantitative estimate of drug-likeness (QED) is 0.767. The lowest BCUT2D eigenvalue weighted by molar-refractivity contribution is -0.138. The molecule has 2 N–H and O–H groups in total. The fraction of sp³-hybridized carbons (Fsp3) is 0.562. The van der Waals surface area contributed by atoms with E-state index in [1.54, 1.807) is 12.1 Å². The second-order valence-electron chi connectivity index (χ2n) is 5.96. The third-order valence-corrected chi connectivity index (χ3v) is 5.59. The molecule has 5 nitrogen and oxygen atoms in total. The summed E-state index contributed by atoms with van der Waals surface area (Å²) in [5.41, 5.74) is 0.799. The zero-order chi connectivity index (χ0) is 16.0. The zero-order valence-electron chi connectivity index (χ0n) is 12.6. The summed E-state index contributed by atoms with van der Waals surface area (Å²) in [5.74, 6) is -0.668. The van der Waals surface area contributed by atoms with Gasteiger partial charge in [-0.2, -0.15) is 0 Å². The van der Waals surface area contributed by atoms with Gasteiger partial charge in [0, 0.05) is 0 Å². The van der Waals surface area contributed by atoms with E-state index >= 15 is 0 Å². The molecule has 0 bridgehead atoms. The van der Waals surface area contributed by atoms with Crippen molar-refractivity contribution in [1.82, 2.24) is 4.72 Å². The van der Waals surface area contributed by atoms with Crippen molar-refractivity contribution in [2.24, 2.45) is 5.92 Å². The predicted octanol–water partition coefficient (Wildman–Crippen LogP) is 2.18. The summed E-state index contributed by atoms with van der Waals surface area (Å²) in [6.07, 6.45) is 5.28. The van der Waals surface area contributed by atoms with Gasteiger partial charge >= 0.3 is 5.97 Å². The predicted molar refractivity (Wildman–Crippen MR) is 85.1 cm³/mol. The Labute approximate surface area is 131 Å². The molecule has 0 unspecified atom stereocenters. The zero-order valence-corrected chi connectivity index (χ0v) is 13.4. The Morgan fingerprint density at radius 2 is 1.86 bits per heavy atom. The second kappa shape index (κ2) is 7.74. The van der Waals surface area contributed by atoms with Gasteiger partial charge in [0.1, 0.15) is 6.04 Å². The summed E-state index contributed by atoms with van der Waals surface area (Å²) in [5, 5.41) is 9.25. The van der Waals surface area contributed by atoms with E-state index in [1.807, 2.05) is 18.2 Å². The van der Waals surface area contributed by atoms with E-state index in [4.69, 9.17) is 0 Å². The van der Waals surface area contributed by atoms with Gasteiger partial charge in [-0.25, -0.2) is 13.1 Å². The summed E-state index contributed by atoms with van der Waals surface area (Å²) in [6.45, 7) is 0. The molecule has 122 valence electrons. The Bertz CT molecular complexity index is 579. The summed E-state index contributed by atoms with van der Waals surface area (Å²) >= 11 is 0. The number of carbonyl (C=O) groups is 1. The number of rotatable bonds is 8. The largest absolute Gasteiger partial charge is 0.480 e. The number of nitrogens with one attached hydrogen (secondary N) is 1. The van der Waals surface area contributed by atoms with Gasteiger partial charge in [-0.05, 0) is 24.3 Å². The summed E-state index contributed by atoms with van der Waals surface area (Å²) in [4.78, 5) is 11.3. The Balaban J connectivity index is 1.92. The molecule has 1 aliphatic rings. The average Bonchev–Trinajstić information content (AvgIpc) is 2.99. The highest BCUT2D eigenvalue weighted by Gasteiger charge is 2.25. The third kappa shape index (κ3) is 5.42. The molecule has 1 aliphatic carbocycles. The number of hydrogen-bond acceptors (Lipinski definition) is 3. The summed E-state index contributed by atoms with van der Waals surface area (Å²) in [6, 6.07) is 7.93. The van der Waals surface area contributed by atoms with Crippen LogP contribution >= 0.6 is 0 Å². The van der Waals surface area contributed by atoms with Crippen LogP contribution in [0.3, 0.4) is 0 Å². The van der Waals surface area contributed by atoms with Crippen molar-refractivity contribution < 1.29 is 18.3 Å². The number of sulfonamides is 1. The summed E-state index contributed by atoms with van der Waals surface area (Å²) in [7, 11) is -3.56. The second-order valence-corrected chi connectivity index (χ2v) is 7.83. The van der Waals surface area contributed by atoms with Crippen LogP contribution in [0, 0.1) is 5.92 Å². The first kappa shape index (κ1) is 17.0. The molecule has 0 spiro atoms. The minimum atomic E-state index is -3.56. The molecule has 6 heteroatoms. The smallest absolute Gasteiger partial charge is 0.322 e. The average molecular weight is 325 g/mol. The maximum atomic E-state index is 12.1. The van der Waals surface area contributed by atoms with Gasteiger partial charge in [0.15, 0.2) is 0 Å². The molecule has 1 atom stereocenters. The van der Waals surface area contributed by atoms with E-state index in [-0.39, 0.29) is 12.2 Å². The highest BCUT2D eigenvalue weighted by molar-refractivity contribution is 7.89. The first-order chi connectivity index (χ1) is 10.5. The van der Waals surface area contributed by atoms with Gasteiger partial charge in [-0.15, -0.1) is 0 Å². The van der Waals surface area contributed by atoms with E-state index in [1.165, 1.54) is 12.8 Å². The monoisotopic (exact) mass is 325 g/mol. The number of carboxylic acids is 1. The lowest BCUT2D eigenvalue weighted by Gasteiger charge is -2.16. The van der Waals surface area contributed by atoms with Crippen molar-refractivity contribution in [3.63, 3.8) is 0 Å². The first-order valence-corrected chi connectivity index (χ1v) is 9.38. The van der Waals surface area contributed by atoms with Gasteiger partial charge in [0.2, 0.25) is 10.0 Å². The van der Waals surface area contributed by atoms with E-state index in [0.29, 0.717) is 12.3 Å². The molecular weight excluding hydrogens is 302 g/mol. The van der Waals surface area contributed by atoms with Crippen LogP contribution in [-0.2, 0) is 21.2 Å². The standard InChI is InChI=1S/C16H23NO4S/c18-16(19)15(12-14-8-2-1-3-9-14)17-22(20,21)11-10-13-6-4-5-7-13/h1-3,8-9,13,15,17H,4-7,10-12H2,(H,18,19)/t15-/m0/s1. The number of benzene rings is 1. The van der Waals surface area contributed by atoms with Gasteiger partial charge in [0.05, 0.1) is 5.75 Å². The molecule has 0 saturated heterocycles. The maximum Gasteiger partial charge on any atom is 0.322 e. The Hall–Kier alpha value is -1.40. The Kier molecular flexibility index (Phi) is 5.97. The minimum Gasteiger partial charge on any atom is -0.480 e. The van der Waals surface area contributed by atoms with Crippen LogP contribution in [0.5, 0.6) is 0 Å². The van der Waals surface area contributed by atoms with Crippen LogP contribution in [0.4, 0.5) is 0 Å².